The Morgan fingerprint density at radius 1 is 1.25 bits per heavy atom. The van der Waals surface area contributed by atoms with E-state index in [1.807, 2.05) is 30.0 Å². The molecule has 6 heteroatoms. The standard InChI is InChI=1S/C18H28N4O2/c1-4-15(2)22(16(3)23)10-8-18(24)21-13-11-20(12-14-21)17-7-5-6-9-19-17/h5-7,9,15H,4,8,10-14H2,1-3H3. The van der Waals surface area contributed by atoms with Gasteiger partial charge in [0.05, 0.1) is 0 Å². The van der Waals surface area contributed by atoms with Crippen molar-refractivity contribution in [3.05, 3.63) is 24.4 Å². The maximum atomic E-state index is 12.4. The smallest absolute Gasteiger partial charge is 0.224 e. The second-order valence-electron chi connectivity index (χ2n) is 6.28. The number of anilines is 1. The highest BCUT2D eigenvalue weighted by atomic mass is 16.2. The minimum atomic E-state index is 0.0390. The van der Waals surface area contributed by atoms with Crippen molar-refractivity contribution in [2.24, 2.45) is 0 Å². The fraction of sp³-hybridized carbons (Fsp3) is 0.611. The first-order chi connectivity index (χ1) is 11.5. The number of hydrogen-bond donors (Lipinski definition) is 0. The van der Waals surface area contributed by atoms with Crippen LogP contribution in [-0.2, 0) is 9.59 Å². The van der Waals surface area contributed by atoms with Crippen LogP contribution in [0.3, 0.4) is 0 Å². The van der Waals surface area contributed by atoms with E-state index in [-0.39, 0.29) is 17.9 Å². The van der Waals surface area contributed by atoms with E-state index in [2.05, 4.69) is 16.8 Å². The molecule has 2 amide bonds. The van der Waals surface area contributed by atoms with Crippen LogP contribution in [-0.4, -0.2) is 65.4 Å². The number of rotatable bonds is 6. The van der Waals surface area contributed by atoms with Crippen LogP contribution < -0.4 is 4.90 Å². The van der Waals surface area contributed by atoms with E-state index >= 15 is 0 Å². The first-order valence-electron chi connectivity index (χ1n) is 8.74. The molecule has 1 unspecified atom stereocenters. The molecule has 1 saturated heterocycles. The van der Waals surface area contributed by atoms with Gasteiger partial charge in [0.25, 0.3) is 0 Å². The van der Waals surface area contributed by atoms with Gasteiger partial charge in [0.2, 0.25) is 11.8 Å². The molecular weight excluding hydrogens is 304 g/mol. The van der Waals surface area contributed by atoms with Gasteiger partial charge in [-0.25, -0.2) is 4.98 Å². The number of amides is 2. The third-order valence-corrected chi connectivity index (χ3v) is 4.70. The van der Waals surface area contributed by atoms with Crippen LogP contribution in [0, 0.1) is 0 Å². The second kappa shape index (κ2) is 8.66. The van der Waals surface area contributed by atoms with Crippen molar-refractivity contribution in [3.8, 4) is 0 Å². The van der Waals surface area contributed by atoms with Crippen LogP contribution in [0.25, 0.3) is 0 Å². The van der Waals surface area contributed by atoms with Gasteiger partial charge in [-0.3, -0.25) is 9.59 Å². The average Bonchev–Trinajstić information content (AvgIpc) is 2.62. The molecule has 0 N–H and O–H groups in total. The van der Waals surface area contributed by atoms with Crippen molar-refractivity contribution in [3.63, 3.8) is 0 Å². The fourth-order valence-corrected chi connectivity index (χ4v) is 3.01. The van der Waals surface area contributed by atoms with Crippen LogP contribution in [0.1, 0.15) is 33.6 Å². The summed E-state index contributed by atoms with van der Waals surface area (Å²) in [6.45, 7) is 9.16. The Morgan fingerprint density at radius 3 is 2.50 bits per heavy atom. The Morgan fingerprint density at radius 2 is 1.96 bits per heavy atom. The SMILES string of the molecule is CCC(C)N(CCC(=O)N1CCN(c2ccccn2)CC1)C(C)=O. The lowest BCUT2D eigenvalue weighted by Gasteiger charge is -2.36. The summed E-state index contributed by atoms with van der Waals surface area (Å²) in [4.78, 5) is 34.4. The van der Waals surface area contributed by atoms with E-state index in [0.717, 1.165) is 25.3 Å². The van der Waals surface area contributed by atoms with Crippen LogP contribution in [0.15, 0.2) is 24.4 Å². The number of aromatic nitrogens is 1. The summed E-state index contributed by atoms with van der Waals surface area (Å²) < 4.78 is 0. The molecule has 0 saturated carbocycles. The minimum absolute atomic E-state index is 0.0390. The predicted octanol–water partition coefficient (Wildman–Crippen LogP) is 1.77. The molecule has 0 bridgehead atoms. The molecule has 24 heavy (non-hydrogen) atoms. The summed E-state index contributed by atoms with van der Waals surface area (Å²) in [6.07, 6.45) is 3.09. The molecule has 0 radical (unpaired) electrons. The van der Waals surface area contributed by atoms with Crippen molar-refractivity contribution in [1.29, 1.82) is 0 Å². The van der Waals surface area contributed by atoms with Crippen LogP contribution >= 0.6 is 0 Å². The van der Waals surface area contributed by atoms with Crippen molar-refractivity contribution in [2.75, 3.05) is 37.6 Å². The topological polar surface area (TPSA) is 56.8 Å². The van der Waals surface area contributed by atoms with Gasteiger partial charge in [-0.15, -0.1) is 0 Å². The summed E-state index contributed by atoms with van der Waals surface area (Å²) in [5, 5.41) is 0. The lowest BCUT2D eigenvalue weighted by atomic mass is 10.2. The van der Waals surface area contributed by atoms with Crippen LogP contribution in [0.2, 0.25) is 0 Å². The van der Waals surface area contributed by atoms with E-state index in [4.69, 9.17) is 0 Å². The largest absolute Gasteiger partial charge is 0.353 e. The van der Waals surface area contributed by atoms with Gasteiger partial charge in [0.15, 0.2) is 0 Å². The number of pyridine rings is 1. The molecular formula is C18H28N4O2. The molecule has 0 aromatic carbocycles. The predicted molar refractivity (Wildman–Crippen MR) is 94.8 cm³/mol. The van der Waals surface area contributed by atoms with Gasteiger partial charge in [0.1, 0.15) is 5.82 Å². The maximum Gasteiger partial charge on any atom is 0.224 e. The normalized spacial score (nSPS) is 16.0. The molecule has 1 fully saturated rings. The van der Waals surface area contributed by atoms with E-state index < -0.39 is 0 Å². The highest BCUT2D eigenvalue weighted by molar-refractivity contribution is 5.78. The Kier molecular flexibility index (Phi) is 6.58. The molecule has 1 atom stereocenters. The number of carbonyl (C=O) groups is 2. The van der Waals surface area contributed by atoms with Crippen molar-refractivity contribution in [1.82, 2.24) is 14.8 Å². The Hall–Kier alpha value is -2.11. The molecule has 2 rings (SSSR count). The van der Waals surface area contributed by atoms with E-state index in [0.29, 0.717) is 26.1 Å². The lowest BCUT2D eigenvalue weighted by Crippen LogP contribution is -2.50. The molecule has 1 aromatic rings. The van der Waals surface area contributed by atoms with E-state index in [1.165, 1.54) is 0 Å². The second-order valence-corrected chi connectivity index (χ2v) is 6.28. The zero-order chi connectivity index (χ0) is 17.5. The molecule has 132 valence electrons. The zero-order valence-electron chi connectivity index (χ0n) is 14.9. The number of piperazine rings is 1. The highest BCUT2D eigenvalue weighted by Crippen LogP contribution is 2.13. The molecule has 1 aliphatic rings. The molecule has 0 spiro atoms. The Balaban J connectivity index is 1.81. The van der Waals surface area contributed by atoms with Gasteiger partial charge in [-0.05, 0) is 25.5 Å². The van der Waals surface area contributed by atoms with Gasteiger partial charge in [-0.1, -0.05) is 13.0 Å². The van der Waals surface area contributed by atoms with Crippen molar-refractivity contribution >= 4 is 17.6 Å². The van der Waals surface area contributed by atoms with Gasteiger partial charge in [0, 0.05) is 58.3 Å². The van der Waals surface area contributed by atoms with E-state index in [1.54, 1.807) is 18.0 Å². The van der Waals surface area contributed by atoms with E-state index in [9.17, 15) is 9.59 Å². The van der Waals surface area contributed by atoms with Crippen LogP contribution in [0.5, 0.6) is 0 Å². The zero-order valence-corrected chi connectivity index (χ0v) is 14.9. The summed E-state index contributed by atoms with van der Waals surface area (Å²) in [7, 11) is 0. The number of carbonyl (C=O) groups excluding carboxylic acids is 2. The third-order valence-electron chi connectivity index (χ3n) is 4.70. The summed E-state index contributed by atoms with van der Waals surface area (Å²) in [5.74, 6) is 1.13. The Bertz CT molecular complexity index is 541. The monoisotopic (exact) mass is 332 g/mol. The molecule has 1 aromatic heterocycles. The van der Waals surface area contributed by atoms with Crippen LogP contribution in [0.4, 0.5) is 5.82 Å². The molecule has 0 aliphatic carbocycles. The first kappa shape index (κ1) is 18.2. The number of nitrogens with zero attached hydrogens (tertiary/aromatic N) is 4. The molecule has 2 heterocycles. The first-order valence-corrected chi connectivity index (χ1v) is 8.74. The lowest BCUT2D eigenvalue weighted by molar-refractivity contribution is -0.134. The fourth-order valence-electron chi connectivity index (χ4n) is 3.01. The van der Waals surface area contributed by atoms with Gasteiger partial charge < -0.3 is 14.7 Å². The quantitative estimate of drug-likeness (QED) is 0.797. The third kappa shape index (κ3) is 4.69. The van der Waals surface area contributed by atoms with Crippen molar-refractivity contribution < 1.29 is 9.59 Å². The van der Waals surface area contributed by atoms with Crippen molar-refractivity contribution in [2.45, 2.75) is 39.7 Å². The summed E-state index contributed by atoms with van der Waals surface area (Å²) in [5.41, 5.74) is 0. The summed E-state index contributed by atoms with van der Waals surface area (Å²) in [6, 6.07) is 6.05. The number of hydrogen-bond acceptors (Lipinski definition) is 4. The summed E-state index contributed by atoms with van der Waals surface area (Å²) >= 11 is 0. The minimum Gasteiger partial charge on any atom is -0.353 e. The maximum absolute atomic E-state index is 12.4. The highest BCUT2D eigenvalue weighted by Gasteiger charge is 2.23. The van der Waals surface area contributed by atoms with Gasteiger partial charge >= 0.3 is 0 Å². The molecule has 6 nitrogen and oxygen atoms in total. The Labute approximate surface area is 144 Å². The average molecular weight is 332 g/mol. The van der Waals surface area contributed by atoms with Gasteiger partial charge in [-0.2, -0.15) is 0 Å². The molecule has 1 aliphatic heterocycles.